The summed E-state index contributed by atoms with van der Waals surface area (Å²) in [6, 6.07) is 14.9. The average Bonchev–Trinajstić information content (AvgIpc) is 2.91. The van der Waals surface area contributed by atoms with Gasteiger partial charge < -0.3 is 15.2 Å². The van der Waals surface area contributed by atoms with Crippen molar-refractivity contribution < 1.29 is 14.6 Å². The van der Waals surface area contributed by atoms with Gasteiger partial charge in [0.05, 0.1) is 6.10 Å². The van der Waals surface area contributed by atoms with Gasteiger partial charge in [-0.25, -0.2) is 0 Å². The van der Waals surface area contributed by atoms with Crippen molar-refractivity contribution >= 4 is 11.6 Å². The zero-order valence-electron chi connectivity index (χ0n) is 11.7. The molecule has 1 amide bonds. The molecule has 108 valence electrons. The molecule has 1 aliphatic rings. The normalized spacial score (nSPS) is 17.7. The van der Waals surface area contributed by atoms with Crippen molar-refractivity contribution in [1.29, 1.82) is 0 Å². The lowest BCUT2D eigenvalue weighted by Crippen LogP contribution is -2.31. The molecule has 0 bridgehead atoms. The molecule has 0 fully saturated rings. The molecule has 3 rings (SSSR count). The van der Waals surface area contributed by atoms with Crippen LogP contribution in [0.15, 0.2) is 48.5 Å². The van der Waals surface area contributed by atoms with Gasteiger partial charge in [-0.2, -0.15) is 0 Å². The number of ether oxygens (including phenoxy) is 1. The Morgan fingerprint density at radius 2 is 1.95 bits per heavy atom. The highest BCUT2D eigenvalue weighted by atomic mass is 16.5. The Morgan fingerprint density at radius 3 is 2.71 bits per heavy atom. The smallest absolute Gasteiger partial charge is 0.265 e. The van der Waals surface area contributed by atoms with Gasteiger partial charge in [0.2, 0.25) is 0 Å². The highest BCUT2D eigenvalue weighted by Crippen LogP contribution is 2.29. The molecule has 2 N–H and O–H groups in total. The van der Waals surface area contributed by atoms with E-state index in [-0.39, 0.29) is 5.91 Å². The van der Waals surface area contributed by atoms with Crippen LogP contribution in [0.5, 0.6) is 5.75 Å². The maximum absolute atomic E-state index is 12.3. The summed E-state index contributed by atoms with van der Waals surface area (Å²) in [5, 5.41) is 12.6. The van der Waals surface area contributed by atoms with E-state index in [1.54, 1.807) is 19.1 Å². The molecule has 0 spiro atoms. The fourth-order valence-electron chi connectivity index (χ4n) is 2.52. The molecule has 1 aliphatic heterocycles. The van der Waals surface area contributed by atoms with Crippen LogP contribution in [-0.2, 0) is 11.2 Å². The molecular formula is C17H17NO3. The number of hydrogen-bond acceptors (Lipinski definition) is 3. The molecule has 0 aromatic heterocycles. The molecule has 2 aromatic carbocycles. The standard InChI is InChI=1S/C17H17NO3/c1-11(19)13-7-3-4-8-14(13)18-17(20)16-10-12-6-2-5-9-15(12)21-16/h2-9,11,16,19H,10H2,1H3,(H,18,20). The topological polar surface area (TPSA) is 58.6 Å². The summed E-state index contributed by atoms with van der Waals surface area (Å²) in [5.74, 6) is 0.570. The largest absolute Gasteiger partial charge is 0.480 e. The lowest BCUT2D eigenvalue weighted by molar-refractivity contribution is -0.122. The van der Waals surface area contributed by atoms with Crippen LogP contribution in [0.1, 0.15) is 24.2 Å². The maximum atomic E-state index is 12.3. The molecule has 0 saturated carbocycles. The number of amides is 1. The molecule has 1 heterocycles. The Bertz CT molecular complexity index is 642. The first-order valence-electron chi connectivity index (χ1n) is 6.97. The summed E-state index contributed by atoms with van der Waals surface area (Å²) in [5.41, 5.74) is 2.36. The Hall–Kier alpha value is -2.33. The SMILES string of the molecule is CC(O)c1ccccc1NC(=O)C1Cc2ccccc2O1. The third kappa shape index (κ3) is 2.76. The van der Waals surface area contributed by atoms with Gasteiger partial charge in [-0.3, -0.25) is 4.79 Å². The van der Waals surface area contributed by atoms with Gasteiger partial charge in [0, 0.05) is 17.7 Å². The predicted octanol–water partition coefficient (Wildman–Crippen LogP) is 2.68. The van der Waals surface area contributed by atoms with E-state index < -0.39 is 12.2 Å². The molecule has 0 radical (unpaired) electrons. The molecule has 4 nitrogen and oxygen atoms in total. The molecule has 21 heavy (non-hydrogen) atoms. The van der Waals surface area contributed by atoms with Crippen LogP contribution >= 0.6 is 0 Å². The Kier molecular flexibility index (Phi) is 3.62. The minimum Gasteiger partial charge on any atom is -0.480 e. The number of carbonyl (C=O) groups is 1. The number of para-hydroxylation sites is 2. The van der Waals surface area contributed by atoms with Crippen molar-refractivity contribution in [2.75, 3.05) is 5.32 Å². The minimum atomic E-state index is -0.636. The summed E-state index contributed by atoms with van der Waals surface area (Å²) < 4.78 is 5.67. The molecule has 2 unspecified atom stereocenters. The van der Waals surface area contributed by atoms with Gasteiger partial charge in [-0.1, -0.05) is 36.4 Å². The number of rotatable bonds is 3. The number of aliphatic hydroxyl groups is 1. The Balaban J connectivity index is 1.74. The molecule has 0 aliphatic carbocycles. The number of carbonyl (C=O) groups excluding carboxylic acids is 1. The van der Waals surface area contributed by atoms with Crippen molar-refractivity contribution in [2.45, 2.75) is 25.6 Å². The second-order valence-corrected chi connectivity index (χ2v) is 5.17. The molecule has 4 heteroatoms. The number of anilines is 1. The molecular weight excluding hydrogens is 266 g/mol. The van der Waals surface area contributed by atoms with Crippen LogP contribution in [0.25, 0.3) is 0 Å². The first kappa shape index (κ1) is 13.6. The summed E-state index contributed by atoms with van der Waals surface area (Å²) in [7, 11) is 0. The van der Waals surface area contributed by atoms with Crippen LogP contribution in [0, 0.1) is 0 Å². The summed E-state index contributed by atoms with van der Waals surface area (Å²) in [6.45, 7) is 1.67. The number of fused-ring (bicyclic) bond motifs is 1. The van der Waals surface area contributed by atoms with Crippen molar-refractivity contribution in [2.24, 2.45) is 0 Å². The third-order valence-electron chi connectivity index (χ3n) is 3.61. The van der Waals surface area contributed by atoms with Crippen LogP contribution < -0.4 is 10.1 Å². The summed E-state index contributed by atoms with van der Waals surface area (Å²) >= 11 is 0. The second-order valence-electron chi connectivity index (χ2n) is 5.17. The monoisotopic (exact) mass is 283 g/mol. The van der Waals surface area contributed by atoms with Crippen LogP contribution in [-0.4, -0.2) is 17.1 Å². The highest BCUT2D eigenvalue weighted by molar-refractivity contribution is 5.95. The van der Waals surface area contributed by atoms with Gasteiger partial charge in [-0.15, -0.1) is 0 Å². The van der Waals surface area contributed by atoms with E-state index in [0.717, 1.165) is 11.3 Å². The van der Waals surface area contributed by atoms with Crippen molar-refractivity contribution in [1.82, 2.24) is 0 Å². The molecule has 2 aromatic rings. The van der Waals surface area contributed by atoms with Crippen molar-refractivity contribution in [3.63, 3.8) is 0 Å². The van der Waals surface area contributed by atoms with E-state index in [1.165, 1.54) is 0 Å². The number of aliphatic hydroxyl groups excluding tert-OH is 1. The van der Waals surface area contributed by atoms with E-state index in [2.05, 4.69) is 5.32 Å². The highest BCUT2D eigenvalue weighted by Gasteiger charge is 2.29. The zero-order chi connectivity index (χ0) is 14.8. The number of benzene rings is 2. The fourth-order valence-corrected chi connectivity index (χ4v) is 2.52. The number of hydrogen-bond donors (Lipinski definition) is 2. The van der Waals surface area contributed by atoms with Gasteiger partial charge in [0.25, 0.3) is 5.91 Å². The first-order valence-corrected chi connectivity index (χ1v) is 6.97. The van der Waals surface area contributed by atoms with E-state index >= 15 is 0 Å². The quantitative estimate of drug-likeness (QED) is 0.910. The van der Waals surface area contributed by atoms with Gasteiger partial charge in [0.15, 0.2) is 6.10 Å². The van der Waals surface area contributed by atoms with Crippen LogP contribution in [0.4, 0.5) is 5.69 Å². The third-order valence-corrected chi connectivity index (χ3v) is 3.61. The lowest BCUT2D eigenvalue weighted by atomic mass is 10.1. The lowest BCUT2D eigenvalue weighted by Gasteiger charge is -2.15. The zero-order valence-corrected chi connectivity index (χ0v) is 11.7. The van der Waals surface area contributed by atoms with Gasteiger partial charge >= 0.3 is 0 Å². The first-order chi connectivity index (χ1) is 10.1. The maximum Gasteiger partial charge on any atom is 0.265 e. The van der Waals surface area contributed by atoms with Crippen LogP contribution in [0.3, 0.4) is 0 Å². The van der Waals surface area contributed by atoms with Crippen LogP contribution in [0.2, 0.25) is 0 Å². The summed E-state index contributed by atoms with van der Waals surface area (Å²) in [6.07, 6.45) is -0.591. The Morgan fingerprint density at radius 1 is 1.24 bits per heavy atom. The van der Waals surface area contributed by atoms with Crippen molar-refractivity contribution in [3.8, 4) is 5.75 Å². The van der Waals surface area contributed by atoms with E-state index in [4.69, 9.17) is 4.74 Å². The van der Waals surface area contributed by atoms with Gasteiger partial charge in [0.1, 0.15) is 5.75 Å². The van der Waals surface area contributed by atoms with E-state index in [0.29, 0.717) is 17.7 Å². The fraction of sp³-hybridized carbons (Fsp3) is 0.235. The predicted molar refractivity (Wildman–Crippen MR) is 80.3 cm³/mol. The van der Waals surface area contributed by atoms with E-state index in [1.807, 2.05) is 36.4 Å². The average molecular weight is 283 g/mol. The minimum absolute atomic E-state index is 0.195. The van der Waals surface area contributed by atoms with E-state index in [9.17, 15) is 9.90 Å². The van der Waals surface area contributed by atoms with Gasteiger partial charge in [-0.05, 0) is 24.6 Å². The Labute approximate surface area is 123 Å². The summed E-state index contributed by atoms with van der Waals surface area (Å²) in [4.78, 5) is 12.3. The number of nitrogens with one attached hydrogen (secondary N) is 1. The molecule has 2 atom stereocenters. The second kappa shape index (κ2) is 5.58. The van der Waals surface area contributed by atoms with Crippen molar-refractivity contribution in [3.05, 3.63) is 59.7 Å². The molecule has 0 saturated heterocycles.